The number of aliphatic hydroxyl groups excluding tert-OH is 2. The molecule has 0 aromatic heterocycles. The normalized spacial score (nSPS) is 16.4. The first-order chi connectivity index (χ1) is 9.76. The maximum absolute atomic E-state index is 9.10. The standard InChI is InChI=1S/C16H24ClNO2/c17-16-12-14(18(8-10-19)9-11-20)6-7-15(16)13-4-2-1-3-5-13/h6-7,12-13,19-20H,1-5,8-11H2. The minimum atomic E-state index is 0.0714. The molecule has 0 atom stereocenters. The van der Waals surface area contributed by atoms with Gasteiger partial charge in [-0.1, -0.05) is 36.9 Å². The molecule has 0 heterocycles. The molecule has 1 aliphatic carbocycles. The first-order valence-electron chi connectivity index (χ1n) is 7.52. The molecule has 1 aromatic rings. The van der Waals surface area contributed by atoms with Crippen LogP contribution in [0.1, 0.15) is 43.6 Å². The maximum Gasteiger partial charge on any atom is 0.0606 e. The molecule has 0 aliphatic heterocycles. The Hall–Kier alpha value is -0.770. The molecule has 1 fully saturated rings. The summed E-state index contributed by atoms with van der Waals surface area (Å²) in [7, 11) is 0. The molecule has 1 aromatic carbocycles. The topological polar surface area (TPSA) is 43.7 Å². The summed E-state index contributed by atoms with van der Waals surface area (Å²) in [6.07, 6.45) is 6.40. The molecule has 20 heavy (non-hydrogen) atoms. The number of nitrogens with zero attached hydrogens (tertiary/aromatic N) is 1. The van der Waals surface area contributed by atoms with Crippen molar-refractivity contribution in [1.82, 2.24) is 0 Å². The molecule has 0 bridgehead atoms. The number of hydrogen-bond donors (Lipinski definition) is 2. The summed E-state index contributed by atoms with van der Waals surface area (Å²) < 4.78 is 0. The van der Waals surface area contributed by atoms with Crippen LogP contribution in [0.5, 0.6) is 0 Å². The quantitative estimate of drug-likeness (QED) is 0.847. The molecule has 0 amide bonds. The predicted molar refractivity (Wildman–Crippen MR) is 83.7 cm³/mol. The second-order valence-electron chi connectivity index (χ2n) is 5.48. The highest BCUT2D eigenvalue weighted by atomic mass is 35.5. The van der Waals surface area contributed by atoms with Crippen LogP contribution in [0.4, 0.5) is 5.69 Å². The van der Waals surface area contributed by atoms with E-state index in [1.807, 2.05) is 11.0 Å². The first kappa shape index (κ1) is 15.6. The van der Waals surface area contributed by atoms with Crippen molar-refractivity contribution in [1.29, 1.82) is 0 Å². The second kappa shape index (κ2) is 7.87. The van der Waals surface area contributed by atoms with Crippen molar-refractivity contribution < 1.29 is 10.2 Å². The van der Waals surface area contributed by atoms with Gasteiger partial charge in [-0.05, 0) is 36.5 Å². The van der Waals surface area contributed by atoms with Gasteiger partial charge in [0.05, 0.1) is 13.2 Å². The van der Waals surface area contributed by atoms with Crippen molar-refractivity contribution in [3.63, 3.8) is 0 Å². The third-order valence-electron chi connectivity index (χ3n) is 4.13. The lowest BCUT2D eigenvalue weighted by Gasteiger charge is -2.26. The van der Waals surface area contributed by atoms with E-state index in [1.54, 1.807) is 0 Å². The molecule has 0 unspecified atom stereocenters. The van der Waals surface area contributed by atoms with E-state index in [-0.39, 0.29) is 13.2 Å². The van der Waals surface area contributed by atoms with Gasteiger partial charge in [-0.15, -0.1) is 0 Å². The van der Waals surface area contributed by atoms with Crippen LogP contribution in [-0.2, 0) is 0 Å². The van der Waals surface area contributed by atoms with Crippen LogP contribution in [0, 0.1) is 0 Å². The molecule has 3 nitrogen and oxygen atoms in total. The van der Waals surface area contributed by atoms with E-state index in [0.29, 0.717) is 19.0 Å². The van der Waals surface area contributed by atoms with Gasteiger partial charge in [-0.2, -0.15) is 0 Å². The molecule has 2 N–H and O–H groups in total. The van der Waals surface area contributed by atoms with Gasteiger partial charge in [0.1, 0.15) is 0 Å². The number of rotatable bonds is 6. The molecular formula is C16H24ClNO2. The van der Waals surface area contributed by atoms with Crippen LogP contribution < -0.4 is 4.90 Å². The van der Waals surface area contributed by atoms with Crippen molar-refractivity contribution in [2.45, 2.75) is 38.0 Å². The average molecular weight is 298 g/mol. The van der Waals surface area contributed by atoms with Gasteiger partial charge in [0.25, 0.3) is 0 Å². The SMILES string of the molecule is OCCN(CCO)c1ccc(C2CCCCC2)c(Cl)c1. The smallest absolute Gasteiger partial charge is 0.0606 e. The molecule has 0 radical (unpaired) electrons. The van der Waals surface area contributed by atoms with E-state index in [1.165, 1.54) is 37.7 Å². The highest BCUT2D eigenvalue weighted by Gasteiger charge is 2.18. The highest BCUT2D eigenvalue weighted by Crippen LogP contribution is 2.37. The minimum absolute atomic E-state index is 0.0714. The number of anilines is 1. The van der Waals surface area contributed by atoms with Gasteiger partial charge in [0.15, 0.2) is 0 Å². The summed E-state index contributed by atoms with van der Waals surface area (Å²) in [6, 6.07) is 6.15. The number of benzene rings is 1. The monoisotopic (exact) mass is 297 g/mol. The van der Waals surface area contributed by atoms with E-state index in [0.717, 1.165) is 10.7 Å². The van der Waals surface area contributed by atoms with Crippen molar-refractivity contribution in [3.05, 3.63) is 28.8 Å². The van der Waals surface area contributed by atoms with Crippen LogP contribution in [0.3, 0.4) is 0 Å². The van der Waals surface area contributed by atoms with E-state index < -0.39 is 0 Å². The fourth-order valence-electron chi connectivity index (χ4n) is 3.07. The molecule has 112 valence electrons. The molecular weight excluding hydrogens is 274 g/mol. The zero-order valence-electron chi connectivity index (χ0n) is 11.9. The maximum atomic E-state index is 9.10. The minimum Gasteiger partial charge on any atom is -0.395 e. The summed E-state index contributed by atoms with van der Waals surface area (Å²) in [5, 5.41) is 19.0. The highest BCUT2D eigenvalue weighted by molar-refractivity contribution is 6.31. The largest absolute Gasteiger partial charge is 0.395 e. The van der Waals surface area contributed by atoms with Gasteiger partial charge >= 0.3 is 0 Å². The van der Waals surface area contributed by atoms with Crippen LogP contribution in [-0.4, -0.2) is 36.5 Å². The van der Waals surface area contributed by atoms with Crippen LogP contribution in [0.25, 0.3) is 0 Å². The van der Waals surface area contributed by atoms with E-state index in [2.05, 4.69) is 12.1 Å². The third kappa shape index (κ3) is 3.87. The molecule has 1 aliphatic rings. The van der Waals surface area contributed by atoms with Crippen molar-refractivity contribution in [2.24, 2.45) is 0 Å². The lowest BCUT2D eigenvalue weighted by molar-refractivity contribution is 0.281. The van der Waals surface area contributed by atoms with Gasteiger partial charge in [0.2, 0.25) is 0 Å². The Morgan fingerprint density at radius 2 is 1.70 bits per heavy atom. The second-order valence-corrected chi connectivity index (χ2v) is 5.88. The number of aliphatic hydroxyl groups is 2. The summed E-state index contributed by atoms with van der Waals surface area (Å²) in [5.74, 6) is 0.592. The van der Waals surface area contributed by atoms with Crippen LogP contribution in [0.15, 0.2) is 18.2 Å². The van der Waals surface area contributed by atoms with Gasteiger partial charge in [-0.3, -0.25) is 0 Å². The van der Waals surface area contributed by atoms with E-state index >= 15 is 0 Å². The number of halogens is 1. The number of hydrogen-bond acceptors (Lipinski definition) is 3. The Morgan fingerprint density at radius 1 is 1.05 bits per heavy atom. The summed E-state index contributed by atoms with van der Waals surface area (Å²) >= 11 is 6.46. The summed E-state index contributed by atoms with van der Waals surface area (Å²) in [6.45, 7) is 1.17. The zero-order chi connectivity index (χ0) is 14.4. The van der Waals surface area contributed by atoms with Crippen LogP contribution >= 0.6 is 11.6 Å². The summed E-state index contributed by atoms with van der Waals surface area (Å²) in [4.78, 5) is 1.95. The Labute approximate surface area is 126 Å². The molecule has 0 spiro atoms. The van der Waals surface area contributed by atoms with Gasteiger partial charge < -0.3 is 15.1 Å². The lowest BCUT2D eigenvalue weighted by atomic mass is 9.84. The first-order valence-corrected chi connectivity index (χ1v) is 7.90. The molecule has 2 rings (SSSR count). The van der Waals surface area contributed by atoms with Gasteiger partial charge in [0, 0.05) is 23.8 Å². The molecule has 0 saturated heterocycles. The predicted octanol–water partition coefficient (Wildman–Crippen LogP) is 3.18. The van der Waals surface area contributed by atoms with Crippen molar-refractivity contribution in [2.75, 3.05) is 31.2 Å². The Morgan fingerprint density at radius 3 is 2.25 bits per heavy atom. The summed E-state index contributed by atoms with van der Waals surface area (Å²) in [5.41, 5.74) is 2.22. The fourth-order valence-corrected chi connectivity index (χ4v) is 3.40. The molecule has 1 saturated carbocycles. The zero-order valence-corrected chi connectivity index (χ0v) is 12.6. The van der Waals surface area contributed by atoms with Crippen molar-refractivity contribution in [3.8, 4) is 0 Å². The van der Waals surface area contributed by atoms with E-state index in [4.69, 9.17) is 21.8 Å². The third-order valence-corrected chi connectivity index (χ3v) is 4.46. The molecule has 4 heteroatoms. The van der Waals surface area contributed by atoms with E-state index in [9.17, 15) is 0 Å². The van der Waals surface area contributed by atoms with Gasteiger partial charge in [-0.25, -0.2) is 0 Å². The Balaban J connectivity index is 2.14. The van der Waals surface area contributed by atoms with Crippen LogP contribution in [0.2, 0.25) is 5.02 Å². The fraction of sp³-hybridized carbons (Fsp3) is 0.625. The van der Waals surface area contributed by atoms with Crippen molar-refractivity contribution >= 4 is 17.3 Å². The lowest BCUT2D eigenvalue weighted by Crippen LogP contribution is -2.29. The Kier molecular flexibility index (Phi) is 6.14. The Bertz CT molecular complexity index is 413. The average Bonchev–Trinajstić information content (AvgIpc) is 2.48.